The Hall–Kier alpha value is -2.61. The van der Waals surface area contributed by atoms with Crippen LogP contribution in [-0.2, 0) is 32.3 Å². The molecular weight excluding hydrogens is 467 g/mol. The second-order valence-corrected chi connectivity index (χ2v) is 10.9. The van der Waals surface area contributed by atoms with Crippen LogP contribution in [0.15, 0.2) is 6.20 Å². The number of anilines is 1. The number of imidazole rings is 1. The Labute approximate surface area is 189 Å². The Balaban J connectivity index is 1.81. The number of aromatic nitrogens is 2. The maximum atomic E-state index is 13.5. The van der Waals surface area contributed by atoms with Crippen molar-refractivity contribution in [2.45, 2.75) is 51.9 Å². The summed E-state index contributed by atoms with van der Waals surface area (Å²) in [6.45, 7) is 4.96. The third kappa shape index (κ3) is 5.85. The van der Waals surface area contributed by atoms with Crippen LogP contribution in [0.3, 0.4) is 0 Å². The van der Waals surface area contributed by atoms with E-state index in [0.717, 1.165) is 28.1 Å². The Kier molecular flexibility index (Phi) is 6.54. The average Bonchev–Trinajstić information content (AvgIpc) is 3.04. The molecule has 14 heteroatoms. The number of rotatable bonds is 3. The molecule has 1 fully saturated rings. The van der Waals surface area contributed by atoms with E-state index < -0.39 is 45.5 Å². The van der Waals surface area contributed by atoms with Gasteiger partial charge in [-0.05, 0) is 33.6 Å². The lowest BCUT2D eigenvalue weighted by Crippen LogP contribution is -2.41. The smallest absolute Gasteiger partial charge is 0.443 e. The number of hydrogen-bond donors (Lipinski definition) is 1. The number of carbonyl (C=O) groups excluding carboxylic acids is 2. The van der Waals surface area contributed by atoms with Gasteiger partial charge < -0.3 is 10.1 Å². The zero-order valence-corrected chi connectivity index (χ0v) is 19.5. The second-order valence-electron chi connectivity index (χ2n) is 8.93. The minimum absolute atomic E-state index is 0.0300. The Morgan fingerprint density at radius 3 is 2.27 bits per heavy atom. The summed E-state index contributed by atoms with van der Waals surface area (Å²) in [5, 5.41) is 2.44. The van der Waals surface area contributed by atoms with Crippen molar-refractivity contribution >= 4 is 34.0 Å². The van der Waals surface area contributed by atoms with E-state index in [1.54, 1.807) is 20.8 Å². The monoisotopic (exact) mass is 493 g/mol. The summed E-state index contributed by atoms with van der Waals surface area (Å²) in [5.74, 6) is -2.69. The number of nitrogens with zero attached hydrogens (tertiary/aromatic N) is 4. The van der Waals surface area contributed by atoms with Gasteiger partial charge in [0.05, 0.1) is 18.5 Å². The number of alkyl halides is 3. The Bertz CT molecular complexity index is 1070. The Morgan fingerprint density at radius 2 is 1.76 bits per heavy atom. The molecule has 2 aliphatic heterocycles. The van der Waals surface area contributed by atoms with E-state index in [1.807, 2.05) is 0 Å². The van der Waals surface area contributed by atoms with Gasteiger partial charge in [-0.25, -0.2) is 22.5 Å². The van der Waals surface area contributed by atoms with Crippen LogP contribution in [0.4, 0.5) is 23.8 Å². The fourth-order valence-corrected chi connectivity index (χ4v) is 4.43. The van der Waals surface area contributed by atoms with Gasteiger partial charge in [0.25, 0.3) is 0 Å². The minimum atomic E-state index is -4.79. The number of sulfonamides is 1. The molecule has 0 atom stereocenters. The van der Waals surface area contributed by atoms with Gasteiger partial charge in [-0.1, -0.05) is 0 Å². The number of ether oxygens (including phenoxy) is 1. The van der Waals surface area contributed by atoms with Crippen molar-refractivity contribution in [2.24, 2.45) is 5.92 Å². The van der Waals surface area contributed by atoms with Crippen molar-refractivity contribution in [2.75, 3.05) is 24.7 Å². The van der Waals surface area contributed by atoms with Crippen molar-refractivity contribution in [1.82, 2.24) is 18.8 Å². The van der Waals surface area contributed by atoms with Crippen LogP contribution >= 0.6 is 0 Å². The summed E-state index contributed by atoms with van der Waals surface area (Å²) >= 11 is 0. The molecule has 0 bridgehead atoms. The standard InChI is InChI=1S/C19H26F3N5O5S/c1-18(2,3)32-17(29)25-9-10-27-13(11-25)14(24-16(27)19(20,21)22)23-15(28)12-5-7-26(8-6-12)33(4,30)31/h9-10,12H,5-8,11H2,1-4H3,(H,23,28). The third-order valence-electron chi connectivity index (χ3n) is 5.14. The fraction of sp³-hybridized carbons (Fsp3) is 0.632. The quantitative estimate of drug-likeness (QED) is 0.693. The molecule has 1 aromatic heterocycles. The largest absolute Gasteiger partial charge is 0.450 e. The van der Waals surface area contributed by atoms with Gasteiger partial charge in [-0.2, -0.15) is 13.2 Å². The van der Waals surface area contributed by atoms with Gasteiger partial charge in [0.1, 0.15) is 5.60 Å². The first kappa shape index (κ1) is 25.0. The maximum absolute atomic E-state index is 13.5. The van der Waals surface area contributed by atoms with E-state index in [-0.39, 0.29) is 44.0 Å². The predicted molar refractivity (Wildman–Crippen MR) is 112 cm³/mol. The van der Waals surface area contributed by atoms with Crippen LogP contribution in [0.5, 0.6) is 0 Å². The highest BCUT2D eigenvalue weighted by Gasteiger charge is 2.41. The predicted octanol–water partition coefficient (Wildman–Crippen LogP) is 2.69. The van der Waals surface area contributed by atoms with Gasteiger partial charge in [0.2, 0.25) is 21.8 Å². The van der Waals surface area contributed by atoms with Crippen molar-refractivity contribution in [1.29, 1.82) is 0 Å². The molecule has 0 saturated carbocycles. The lowest BCUT2D eigenvalue weighted by atomic mass is 9.97. The van der Waals surface area contributed by atoms with Crippen LogP contribution in [0.2, 0.25) is 0 Å². The lowest BCUT2D eigenvalue weighted by molar-refractivity contribution is -0.145. The zero-order valence-electron chi connectivity index (χ0n) is 18.6. The molecule has 0 radical (unpaired) electrons. The Morgan fingerprint density at radius 1 is 1.15 bits per heavy atom. The molecule has 3 heterocycles. The van der Waals surface area contributed by atoms with E-state index >= 15 is 0 Å². The van der Waals surface area contributed by atoms with Crippen LogP contribution < -0.4 is 5.32 Å². The molecule has 10 nitrogen and oxygen atoms in total. The molecule has 2 aliphatic rings. The van der Waals surface area contributed by atoms with E-state index in [4.69, 9.17) is 4.74 Å². The highest BCUT2D eigenvalue weighted by atomic mass is 32.2. The molecule has 2 amide bonds. The highest BCUT2D eigenvalue weighted by Crippen LogP contribution is 2.35. The van der Waals surface area contributed by atoms with Gasteiger partial charge in [-0.15, -0.1) is 0 Å². The van der Waals surface area contributed by atoms with Gasteiger partial charge >= 0.3 is 12.3 Å². The molecule has 1 aromatic rings. The van der Waals surface area contributed by atoms with Crippen LogP contribution in [0.25, 0.3) is 6.20 Å². The van der Waals surface area contributed by atoms with E-state index in [0.29, 0.717) is 0 Å². The van der Waals surface area contributed by atoms with Crippen molar-refractivity contribution < 1.29 is 35.9 Å². The number of halogens is 3. The first-order valence-electron chi connectivity index (χ1n) is 10.2. The third-order valence-corrected chi connectivity index (χ3v) is 6.45. The van der Waals surface area contributed by atoms with Gasteiger partial charge in [-0.3, -0.25) is 14.3 Å². The van der Waals surface area contributed by atoms with E-state index in [1.165, 1.54) is 4.31 Å². The normalized spacial score (nSPS) is 18.2. The van der Waals surface area contributed by atoms with Gasteiger partial charge in [0, 0.05) is 31.4 Å². The molecule has 1 saturated heterocycles. The van der Waals surface area contributed by atoms with Crippen LogP contribution in [0.1, 0.15) is 45.1 Å². The molecular formula is C19H26F3N5O5S. The van der Waals surface area contributed by atoms with Crippen molar-refractivity contribution in [3.05, 3.63) is 17.7 Å². The molecule has 0 aromatic carbocycles. The molecule has 3 rings (SSSR count). The summed E-state index contributed by atoms with van der Waals surface area (Å²) < 4.78 is 71.1. The molecule has 0 aliphatic carbocycles. The van der Waals surface area contributed by atoms with E-state index in [9.17, 15) is 31.2 Å². The number of nitrogens with one attached hydrogen (secondary N) is 1. The fourth-order valence-electron chi connectivity index (χ4n) is 3.55. The van der Waals surface area contributed by atoms with Crippen LogP contribution in [0, 0.1) is 5.92 Å². The minimum Gasteiger partial charge on any atom is -0.443 e. The second kappa shape index (κ2) is 8.63. The number of amides is 2. The van der Waals surface area contributed by atoms with Crippen molar-refractivity contribution in [3.8, 4) is 0 Å². The number of piperidine rings is 1. The number of carbonyl (C=O) groups is 2. The number of fused-ring (bicyclic) bond motifs is 1. The van der Waals surface area contributed by atoms with Crippen molar-refractivity contribution in [3.63, 3.8) is 0 Å². The summed E-state index contributed by atoms with van der Waals surface area (Å²) in [7, 11) is -3.38. The first-order valence-corrected chi connectivity index (χ1v) is 12.0. The highest BCUT2D eigenvalue weighted by molar-refractivity contribution is 7.88. The maximum Gasteiger partial charge on any atom is 0.450 e. The SMILES string of the molecule is CC(C)(C)OC(=O)N1C=Cn2c(C(F)(F)F)nc(NC(=O)C3CCN(S(C)(=O)=O)CC3)c2C1. The molecule has 184 valence electrons. The summed E-state index contributed by atoms with van der Waals surface area (Å²) in [4.78, 5) is 29.8. The topological polar surface area (TPSA) is 114 Å². The average molecular weight is 494 g/mol. The van der Waals surface area contributed by atoms with Crippen LogP contribution in [-0.4, -0.2) is 64.1 Å². The summed E-state index contributed by atoms with van der Waals surface area (Å²) in [5.41, 5.74) is -0.838. The van der Waals surface area contributed by atoms with Gasteiger partial charge in [0.15, 0.2) is 5.82 Å². The first-order chi connectivity index (χ1) is 15.1. The lowest BCUT2D eigenvalue weighted by Gasteiger charge is -2.29. The number of hydrogen-bond acceptors (Lipinski definition) is 6. The molecule has 1 N–H and O–H groups in total. The molecule has 0 unspecified atom stereocenters. The molecule has 33 heavy (non-hydrogen) atoms. The van der Waals surface area contributed by atoms with E-state index in [2.05, 4.69) is 10.3 Å². The zero-order chi connectivity index (χ0) is 24.8. The summed E-state index contributed by atoms with van der Waals surface area (Å²) in [6.07, 6.45) is -1.82. The summed E-state index contributed by atoms with van der Waals surface area (Å²) in [6, 6.07) is 0. The molecule has 0 spiro atoms.